The smallest absolute Gasteiger partial charge is 0.231 e. The van der Waals surface area contributed by atoms with Crippen molar-refractivity contribution in [3.8, 4) is 11.4 Å². The molecule has 0 saturated carbocycles. The first kappa shape index (κ1) is 17.7. The third-order valence-corrected chi connectivity index (χ3v) is 5.28. The number of hydrogen-bond donors (Lipinski definition) is 1. The standard InChI is InChI=1S/C22H17ClN4O2/c23-17-11-19-20(26-27(25-19)16-7-2-1-3-8-16)12-18(17)24-22(28)15-10-14-6-4-5-9-21(14)29-13-15/h1-9,11-12,15H,10,13H2,(H,24,28). The molecule has 7 heteroatoms. The van der Waals surface area contributed by atoms with Crippen molar-refractivity contribution in [1.29, 1.82) is 0 Å². The van der Waals surface area contributed by atoms with Gasteiger partial charge in [0.05, 0.1) is 22.3 Å². The molecule has 1 aliphatic heterocycles. The molecule has 1 unspecified atom stereocenters. The van der Waals surface area contributed by atoms with Crippen LogP contribution >= 0.6 is 11.6 Å². The summed E-state index contributed by atoms with van der Waals surface area (Å²) in [5.41, 5.74) is 3.71. The van der Waals surface area contributed by atoms with Crippen LogP contribution in [0.2, 0.25) is 5.02 Å². The van der Waals surface area contributed by atoms with Gasteiger partial charge in [-0.25, -0.2) is 0 Å². The average Bonchev–Trinajstić information content (AvgIpc) is 3.17. The quantitative estimate of drug-likeness (QED) is 0.553. The molecule has 0 saturated heterocycles. The molecule has 1 amide bonds. The van der Waals surface area contributed by atoms with E-state index in [0.717, 1.165) is 17.0 Å². The van der Waals surface area contributed by atoms with E-state index >= 15 is 0 Å². The molecule has 1 aliphatic rings. The van der Waals surface area contributed by atoms with Crippen LogP contribution in [0.5, 0.6) is 5.75 Å². The molecule has 1 atom stereocenters. The van der Waals surface area contributed by atoms with Crippen LogP contribution in [0.3, 0.4) is 0 Å². The number of halogens is 1. The lowest BCUT2D eigenvalue weighted by molar-refractivity contribution is -0.121. The van der Waals surface area contributed by atoms with Gasteiger partial charge in [-0.1, -0.05) is 48.0 Å². The van der Waals surface area contributed by atoms with Crippen molar-refractivity contribution in [2.75, 3.05) is 11.9 Å². The highest BCUT2D eigenvalue weighted by atomic mass is 35.5. The monoisotopic (exact) mass is 404 g/mol. The number of para-hydroxylation sites is 2. The molecule has 0 spiro atoms. The number of carbonyl (C=O) groups is 1. The van der Waals surface area contributed by atoms with Crippen molar-refractivity contribution in [1.82, 2.24) is 15.0 Å². The highest BCUT2D eigenvalue weighted by molar-refractivity contribution is 6.34. The summed E-state index contributed by atoms with van der Waals surface area (Å²) in [6.07, 6.45) is 0.631. The van der Waals surface area contributed by atoms with Crippen molar-refractivity contribution < 1.29 is 9.53 Å². The zero-order valence-electron chi connectivity index (χ0n) is 15.4. The number of nitrogens with zero attached hydrogens (tertiary/aromatic N) is 3. The molecule has 2 heterocycles. The van der Waals surface area contributed by atoms with Gasteiger partial charge in [0.25, 0.3) is 0 Å². The first-order valence-electron chi connectivity index (χ1n) is 9.31. The van der Waals surface area contributed by atoms with Crippen LogP contribution in [-0.2, 0) is 11.2 Å². The summed E-state index contributed by atoms with van der Waals surface area (Å²) in [7, 11) is 0. The number of ether oxygens (including phenoxy) is 1. The Labute approximate surface area is 172 Å². The molecule has 5 rings (SSSR count). The van der Waals surface area contributed by atoms with E-state index in [1.54, 1.807) is 16.9 Å². The van der Waals surface area contributed by atoms with Crippen LogP contribution in [-0.4, -0.2) is 27.5 Å². The molecule has 6 nitrogen and oxygen atoms in total. The van der Waals surface area contributed by atoms with Crippen LogP contribution in [0.25, 0.3) is 16.7 Å². The number of aromatic nitrogens is 3. The van der Waals surface area contributed by atoms with Gasteiger partial charge in [-0.15, -0.1) is 10.2 Å². The fraction of sp³-hybridized carbons (Fsp3) is 0.136. The van der Waals surface area contributed by atoms with Gasteiger partial charge in [-0.3, -0.25) is 4.79 Å². The number of amides is 1. The zero-order chi connectivity index (χ0) is 19.8. The first-order valence-corrected chi connectivity index (χ1v) is 9.69. The summed E-state index contributed by atoms with van der Waals surface area (Å²) in [5, 5.41) is 12.3. The SMILES string of the molecule is O=C(Nc1cc2nn(-c3ccccc3)nc2cc1Cl)C1COc2ccccc2C1. The van der Waals surface area contributed by atoms with Crippen LogP contribution in [0.15, 0.2) is 66.7 Å². The third-order valence-electron chi connectivity index (χ3n) is 4.96. The number of anilines is 1. The highest BCUT2D eigenvalue weighted by Gasteiger charge is 2.26. The number of benzene rings is 3. The Hall–Kier alpha value is -3.38. The first-order chi connectivity index (χ1) is 14.2. The van der Waals surface area contributed by atoms with Crippen molar-refractivity contribution >= 4 is 34.2 Å². The molecule has 29 heavy (non-hydrogen) atoms. The topological polar surface area (TPSA) is 69.0 Å². The summed E-state index contributed by atoms with van der Waals surface area (Å²) < 4.78 is 5.73. The Bertz CT molecular complexity index is 1210. The average molecular weight is 405 g/mol. The van der Waals surface area contributed by atoms with Gasteiger partial charge in [-0.05, 0) is 42.3 Å². The second kappa shape index (κ2) is 7.22. The Morgan fingerprint density at radius 2 is 1.76 bits per heavy atom. The second-order valence-corrected chi connectivity index (χ2v) is 7.36. The summed E-state index contributed by atoms with van der Waals surface area (Å²) in [6.45, 7) is 0.340. The van der Waals surface area contributed by atoms with E-state index in [1.807, 2.05) is 54.6 Å². The number of fused-ring (bicyclic) bond motifs is 2. The van der Waals surface area contributed by atoms with Gasteiger partial charge in [0.15, 0.2) is 0 Å². The molecule has 4 aromatic rings. The number of hydrogen-bond acceptors (Lipinski definition) is 4. The minimum atomic E-state index is -0.281. The molecule has 0 radical (unpaired) electrons. The Morgan fingerprint density at radius 1 is 1.03 bits per heavy atom. The lowest BCUT2D eigenvalue weighted by Crippen LogP contribution is -2.32. The molecule has 0 fully saturated rings. The van der Waals surface area contributed by atoms with E-state index in [0.29, 0.717) is 34.8 Å². The molecule has 1 N–H and O–H groups in total. The molecule has 0 aliphatic carbocycles. The van der Waals surface area contributed by atoms with Gasteiger partial charge < -0.3 is 10.1 Å². The second-order valence-electron chi connectivity index (χ2n) is 6.95. The Balaban J connectivity index is 1.39. The van der Waals surface area contributed by atoms with Crippen molar-refractivity contribution in [2.45, 2.75) is 6.42 Å². The van der Waals surface area contributed by atoms with Gasteiger partial charge in [0.2, 0.25) is 5.91 Å². The predicted octanol–water partition coefficient (Wildman–Crippen LogP) is 4.26. The number of carbonyl (C=O) groups excluding carboxylic acids is 1. The lowest BCUT2D eigenvalue weighted by Gasteiger charge is -2.24. The number of rotatable bonds is 3. The van der Waals surface area contributed by atoms with Crippen LogP contribution in [0.1, 0.15) is 5.56 Å². The van der Waals surface area contributed by atoms with E-state index in [1.165, 1.54) is 0 Å². The fourth-order valence-electron chi connectivity index (χ4n) is 3.44. The van der Waals surface area contributed by atoms with E-state index in [9.17, 15) is 4.79 Å². The molecular formula is C22H17ClN4O2. The highest BCUT2D eigenvalue weighted by Crippen LogP contribution is 2.30. The van der Waals surface area contributed by atoms with E-state index < -0.39 is 0 Å². The van der Waals surface area contributed by atoms with E-state index in [2.05, 4.69) is 15.5 Å². The Morgan fingerprint density at radius 3 is 2.59 bits per heavy atom. The molecule has 144 valence electrons. The molecule has 3 aromatic carbocycles. The van der Waals surface area contributed by atoms with Gasteiger partial charge in [0.1, 0.15) is 23.4 Å². The van der Waals surface area contributed by atoms with Crippen molar-refractivity contribution in [3.63, 3.8) is 0 Å². The maximum atomic E-state index is 12.8. The van der Waals surface area contributed by atoms with Crippen molar-refractivity contribution in [3.05, 3.63) is 77.3 Å². The van der Waals surface area contributed by atoms with Crippen LogP contribution in [0, 0.1) is 5.92 Å². The molecule has 0 bridgehead atoms. The molecule has 1 aromatic heterocycles. The molecular weight excluding hydrogens is 388 g/mol. The van der Waals surface area contributed by atoms with Gasteiger partial charge in [-0.2, -0.15) is 4.80 Å². The predicted molar refractivity (Wildman–Crippen MR) is 112 cm³/mol. The largest absolute Gasteiger partial charge is 0.492 e. The fourth-order valence-corrected chi connectivity index (χ4v) is 3.65. The minimum Gasteiger partial charge on any atom is -0.492 e. The normalized spacial score (nSPS) is 15.6. The summed E-state index contributed by atoms with van der Waals surface area (Å²) >= 11 is 6.40. The van der Waals surface area contributed by atoms with E-state index in [-0.39, 0.29) is 11.8 Å². The zero-order valence-corrected chi connectivity index (χ0v) is 16.1. The summed E-state index contributed by atoms with van der Waals surface area (Å²) in [6, 6.07) is 20.9. The third kappa shape index (κ3) is 3.43. The van der Waals surface area contributed by atoms with E-state index in [4.69, 9.17) is 16.3 Å². The minimum absolute atomic E-state index is 0.129. The maximum absolute atomic E-state index is 12.8. The summed E-state index contributed by atoms with van der Waals surface area (Å²) in [4.78, 5) is 14.4. The Kier molecular flexibility index (Phi) is 4.41. The van der Waals surface area contributed by atoms with Crippen LogP contribution < -0.4 is 10.1 Å². The van der Waals surface area contributed by atoms with Gasteiger partial charge >= 0.3 is 0 Å². The van der Waals surface area contributed by atoms with Gasteiger partial charge in [0, 0.05) is 0 Å². The lowest BCUT2D eigenvalue weighted by atomic mass is 9.96. The van der Waals surface area contributed by atoms with Crippen LogP contribution in [0.4, 0.5) is 5.69 Å². The maximum Gasteiger partial charge on any atom is 0.231 e. The summed E-state index contributed by atoms with van der Waals surface area (Å²) in [5.74, 6) is 0.432. The van der Waals surface area contributed by atoms with Crippen molar-refractivity contribution in [2.24, 2.45) is 5.92 Å². The number of nitrogens with one attached hydrogen (secondary N) is 1.